The second kappa shape index (κ2) is 4.80. The lowest BCUT2D eigenvalue weighted by Crippen LogP contribution is -2.72. The summed E-state index contributed by atoms with van der Waals surface area (Å²) in [6.45, 7) is 3.45. The summed E-state index contributed by atoms with van der Waals surface area (Å²) < 4.78 is 5.66. The molecule has 1 saturated heterocycles. The molecule has 2 N–H and O–H groups in total. The Labute approximate surface area is 130 Å². The molecule has 0 amide bonds. The zero-order chi connectivity index (χ0) is 15.4. The molecule has 4 rings (SSSR count). The minimum Gasteiger partial charge on any atom is -0.494 e. The molecule has 2 fully saturated rings. The van der Waals surface area contributed by atoms with E-state index >= 15 is 0 Å². The average molecular weight is 301 g/mol. The predicted octanol–water partition coefficient (Wildman–Crippen LogP) is 1.73. The lowest BCUT2D eigenvalue weighted by molar-refractivity contribution is -0.149. The summed E-state index contributed by atoms with van der Waals surface area (Å²) in [5, 5.41) is 15.0. The summed E-state index contributed by atoms with van der Waals surface area (Å²) in [5.74, 6) is 1.12. The molecule has 2 aliphatic carbocycles. The van der Waals surface area contributed by atoms with Crippen LogP contribution in [0.4, 0.5) is 0 Å². The summed E-state index contributed by atoms with van der Waals surface area (Å²) >= 11 is 0. The van der Waals surface area contributed by atoms with Gasteiger partial charge in [-0.3, -0.25) is 4.79 Å². The number of hydrogen-bond acceptors (Lipinski definition) is 4. The SMILES string of the molecule is CCOc1ccc2c(c1)[C@]13CCN[C@H](C2)[C@]1(O)CCC(=O)C3. The molecule has 1 saturated carbocycles. The summed E-state index contributed by atoms with van der Waals surface area (Å²) in [7, 11) is 0. The molecule has 0 aromatic heterocycles. The number of nitrogens with one attached hydrogen (secondary N) is 1. The lowest BCUT2D eigenvalue weighted by Gasteiger charge is -2.60. The maximum Gasteiger partial charge on any atom is 0.134 e. The van der Waals surface area contributed by atoms with E-state index < -0.39 is 11.0 Å². The Morgan fingerprint density at radius 1 is 1.41 bits per heavy atom. The zero-order valence-electron chi connectivity index (χ0n) is 13.0. The van der Waals surface area contributed by atoms with Crippen LogP contribution in [0.2, 0.25) is 0 Å². The lowest BCUT2D eigenvalue weighted by atomic mass is 9.50. The molecule has 1 aliphatic heterocycles. The van der Waals surface area contributed by atoms with Crippen molar-refractivity contribution >= 4 is 5.78 Å². The van der Waals surface area contributed by atoms with E-state index in [-0.39, 0.29) is 11.8 Å². The zero-order valence-corrected chi connectivity index (χ0v) is 13.0. The van der Waals surface area contributed by atoms with E-state index in [0.29, 0.717) is 25.9 Å². The van der Waals surface area contributed by atoms with E-state index in [1.54, 1.807) is 0 Å². The van der Waals surface area contributed by atoms with Crippen LogP contribution in [-0.4, -0.2) is 35.7 Å². The van der Waals surface area contributed by atoms with Gasteiger partial charge in [0.1, 0.15) is 11.5 Å². The van der Waals surface area contributed by atoms with E-state index in [0.717, 1.165) is 30.7 Å². The van der Waals surface area contributed by atoms with Crippen LogP contribution in [0.3, 0.4) is 0 Å². The minimum absolute atomic E-state index is 0.0554. The third-order valence-corrected chi connectivity index (χ3v) is 5.96. The van der Waals surface area contributed by atoms with Gasteiger partial charge in [0.2, 0.25) is 0 Å². The Hall–Kier alpha value is -1.39. The van der Waals surface area contributed by atoms with Crippen LogP contribution in [0.25, 0.3) is 0 Å². The summed E-state index contributed by atoms with van der Waals surface area (Å²) in [6.07, 6.45) is 3.17. The third kappa shape index (κ3) is 1.74. The topological polar surface area (TPSA) is 58.6 Å². The molecule has 0 spiro atoms. The quantitative estimate of drug-likeness (QED) is 0.873. The monoisotopic (exact) mass is 301 g/mol. The van der Waals surface area contributed by atoms with Crippen molar-refractivity contribution in [3.05, 3.63) is 29.3 Å². The number of carbonyl (C=O) groups excluding carboxylic acids is 1. The Kier molecular flexibility index (Phi) is 3.10. The number of Topliss-reactive ketones (excluding diaryl/α,β-unsaturated/α-hetero) is 1. The summed E-state index contributed by atoms with van der Waals surface area (Å²) in [6, 6.07) is 6.24. The van der Waals surface area contributed by atoms with E-state index in [1.165, 1.54) is 5.56 Å². The van der Waals surface area contributed by atoms with Crippen LogP contribution in [0.1, 0.15) is 43.7 Å². The Balaban J connectivity index is 1.90. The smallest absolute Gasteiger partial charge is 0.134 e. The van der Waals surface area contributed by atoms with Gasteiger partial charge in [0.15, 0.2) is 0 Å². The first-order valence-corrected chi connectivity index (χ1v) is 8.33. The summed E-state index contributed by atoms with van der Waals surface area (Å²) in [5.41, 5.74) is 1.16. The molecular formula is C18H23NO3. The maximum atomic E-state index is 12.2. The van der Waals surface area contributed by atoms with Crippen molar-refractivity contribution in [2.24, 2.45) is 0 Å². The van der Waals surface area contributed by atoms with Gasteiger partial charge in [-0.15, -0.1) is 0 Å². The van der Waals surface area contributed by atoms with E-state index in [1.807, 2.05) is 13.0 Å². The number of benzene rings is 1. The van der Waals surface area contributed by atoms with Crippen LogP contribution in [0.15, 0.2) is 18.2 Å². The molecule has 1 aromatic rings. The fourth-order valence-electron chi connectivity index (χ4n) is 4.95. The van der Waals surface area contributed by atoms with Gasteiger partial charge in [-0.25, -0.2) is 0 Å². The highest BCUT2D eigenvalue weighted by Gasteiger charge is 2.62. The second-order valence-corrected chi connectivity index (χ2v) is 6.93. The molecule has 118 valence electrons. The van der Waals surface area contributed by atoms with Crippen molar-refractivity contribution in [2.45, 2.75) is 56.1 Å². The maximum absolute atomic E-state index is 12.2. The number of hydrogen-bond donors (Lipinski definition) is 2. The molecule has 4 heteroatoms. The van der Waals surface area contributed by atoms with Gasteiger partial charge in [0.25, 0.3) is 0 Å². The highest BCUT2D eigenvalue weighted by atomic mass is 16.5. The fourth-order valence-corrected chi connectivity index (χ4v) is 4.95. The van der Waals surface area contributed by atoms with Crippen LogP contribution in [-0.2, 0) is 16.6 Å². The standard InChI is InChI=1S/C18H23NO3/c1-2-22-14-4-3-12-9-16-18(21)6-5-13(20)11-17(18,7-8-19-16)15(12)10-14/h3-4,10,16,19,21H,2,5-9,11H2,1H3/t16-,17-,18-/m1/s1. The van der Waals surface area contributed by atoms with Gasteiger partial charge < -0.3 is 15.2 Å². The molecule has 22 heavy (non-hydrogen) atoms. The summed E-state index contributed by atoms with van der Waals surface area (Å²) in [4.78, 5) is 12.2. The number of aliphatic hydroxyl groups is 1. The number of rotatable bonds is 2. The predicted molar refractivity (Wildman–Crippen MR) is 83.2 cm³/mol. The van der Waals surface area contributed by atoms with Crippen molar-refractivity contribution in [3.63, 3.8) is 0 Å². The van der Waals surface area contributed by atoms with Crippen molar-refractivity contribution in [1.29, 1.82) is 0 Å². The van der Waals surface area contributed by atoms with Crippen LogP contribution in [0, 0.1) is 0 Å². The van der Waals surface area contributed by atoms with Crippen LogP contribution < -0.4 is 10.1 Å². The number of ketones is 1. The van der Waals surface area contributed by atoms with Crippen molar-refractivity contribution in [3.8, 4) is 5.75 Å². The van der Waals surface area contributed by atoms with Gasteiger partial charge >= 0.3 is 0 Å². The van der Waals surface area contributed by atoms with Crippen LogP contribution >= 0.6 is 0 Å². The Morgan fingerprint density at radius 2 is 2.27 bits per heavy atom. The second-order valence-electron chi connectivity index (χ2n) is 6.93. The Bertz CT molecular complexity index is 629. The van der Waals surface area contributed by atoms with Crippen molar-refractivity contribution in [1.82, 2.24) is 5.32 Å². The highest BCUT2D eigenvalue weighted by Crippen LogP contribution is 2.55. The van der Waals surface area contributed by atoms with Crippen LogP contribution in [0.5, 0.6) is 5.75 Å². The third-order valence-electron chi connectivity index (χ3n) is 5.96. The fraction of sp³-hybridized carbons (Fsp3) is 0.611. The molecule has 0 unspecified atom stereocenters. The Morgan fingerprint density at radius 3 is 3.09 bits per heavy atom. The molecule has 1 aromatic carbocycles. The van der Waals surface area contributed by atoms with E-state index in [9.17, 15) is 9.90 Å². The average Bonchev–Trinajstić information content (AvgIpc) is 2.49. The minimum atomic E-state index is -0.809. The highest BCUT2D eigenvalue weighted by molar-refractivity contribution is 5.82. The van der Waals surface area contributed by atoms with E-state index in [2.05, 4.69) is 17.4 Å². The molecule has 0 radical (unpaired) electrons. The normalized spacial score (nSPS) is 36.5. The first-order valence-electron chi connectivity index (χ1n) is 8.33. The largest absolute Gasteiger partial charge is 0.494 e. The molecule has 3 atom stereocenters. The van der Waals surface area contributed by atoms with Gasteiger partial charge in [-0.1, -0.05) is 6.07 Å². The molecule has 2 bridgehead atoms. The van der Waals surface area contributed by atoms with E-state index in [4.69, 9.17) is 4.74 Å². The molecule has 4 nitrogen and oxygen atoms in total. The van der Waals surface area contributed by atoms with Gasteiger partial charge in [-0.05, 0) is 56.0 Å². The number of carbonyl (C=O) groups is 1. The molecule has 3 aliphatic rings. The number of piperidine rings is 1. The molecule has 1 heterocycles. The first-order chi connectivity index (χ1) is 10.6. The first kappa shape index (κ1) is 14.2. The number of ether oxygens (including phenoxy) is 1. The number of fused-ring (bicyclic) bond motifs is 1. The molecular weight excluding hydrogens is 278 g/mol. The van der Waals surface area contributed by atoms with Crippen molar-refractivity contribution < 1.29 is 14.6 Å². The van der Waals surface area contributed by atoms with Crippen molar-refractivity contribution in [2.75, 3.05) is 13.2 Å². The van der Waals surface area contributed by atoms with Gasteiger partial charge in [0, 0.05) is 24.3 Å². The van der Waals surface area contributed by atoms with Gasteiger partial charge in [-0.2, -0.15) is 0 Å². The van der Waals surface area contributed by atoms with Gasteiger partial charge in [0.05, 0.1) is 12.2 Å².